The molecule has 2 aromatic carbocycles. The molecule has 0 unspecified atom stereocenters. The summed E-state index contributed by atoms with van der Waals surface area (Å²) in [4.78, 5) is 17.0. The number of rotatable bonds is 7. The summed E-state index contributed by atoms with van der Waals surface area (Å²) in [5, 5.41) is 6.55. The summed E-state index contributed by atoms with van der Waals surface area (Å²) in [7, 11) is 1.60. The Kier molecular flexibility index (Phi) is 5.48. The molecule has 2 heterocycles. The summed E-state index contributed by atoms with van der Waals surface area (Å²) >= 11 is 1.42. The summed E-state index contributed by atoms with van der Waals surface area (Å²) in [6.45, 7) is 2.77. The maximum absolute atomic E-state index is 12.4. The summed E-state index contributed by atoms with van der Waals surface area (Å²) in [5.41, 5.74) is 1.97. The predicted molar refractivity (Wildman–Crippen MR) is 116 cm³/mol. The summed E-state index contributed by atoms with van der Waals surface area (Å²) in [6, 6.07) is 14.8. The first kappa shape index (κ1) is 19.0. The highest BCUT2D eigenvalue weighted by molar-refractivity contribution is 7.14. The van der Waals surface area contributed by atoms with Crippen molar-refractivity contribution in [2.75, 3.05) is 19.0 Å². The van der Waals surface area contributed by atoms with Crippen LogP contribution in [0.4, 0.5) is 10.8 Å². The zero-order chi connectivity index (χ0) is 20.2. The van der Waals surface area contributed by atoms with Gasteiger partial charge in [-0.15, -0.1) is 11.3 Å². The van der Waals surface area contributed by atoms with Crippen LogP contribution < -0.4 is 20.4 Å². The third-order valence-electron chi connectivity index (χ3n) is 4.30. The van der Waals surface area contributed by atoms with Gasteiger partial charge in [0.1, 0.15) is 17.1 Å². The van der Waals surface area contributed by atoms with Crippen LogP contribution in [0.3, 0.4) is 0 Å². The number of ether oxygens (including phenoxy) is 2. The Hall–Kier alpha value is -3.32. The number of benzene rings is 2. The monoisotopic (exact) mass is 408 g/mol. The van der Waals surface area contributed by atoms with Crippen LogP contribution in [0.15, 0.2) is 63.1 Å². The van der Waals surface area contributed by atoms with Gasteiger partial charge < -0.3 is 19.2 Å². The largest absolute Gasteiger partial charge is 0.497 e. The smallest absolute Gasteiger partial charge is 0.345 e. The Balaban J connectivity index is 1.57. The van der Waals surface area contributed by atoms with Crippen molar-refractivity contribution in [2.45, 2.75) is 13.3 Å². The van der Waals surface area contributed by atoms with Gasteiger partial charge >= 0.3 is 5.63 Å². The number of nitrogens with zero attached hydrogens (tertiary/aromatic N) is 1. The van der Waals surface area contributed by atoms with Crippen LogP contribution in [0.5, 0.6) is 11.5 Å². The van der Waals surface area contributed by atoms with Gasteiger partial charge in [-0.3, -0.25) is 0 Å². The van der Waals surface area contributed by atoms with Crippen molar-refractivity contribution in [3.63, 3.8) is 0 Å². The van der Waals surface area contributed by atoms with E-state index in [4.69, 9.17) is 13.9 Å². The molecule has 0 aliphatic carbocycles. The van der Waals surface area contributed by atoms with E-state index in [1.54, 1.807) is 25.3 Å². The van der Waals surface area contributed by atoms with E-state index in [0.29, 0.717) is 34.3 Å². The zero-order valence-corrected chi connectivity index (χ0v) is 16.9. The van der Waals surface area contributed by atoms with E-state index in [0.717, 1.165) is 23.2 Å². The van der Waals surface area contributed by atoms with Crippen LogP contribution in [0.25, 0.3) is 22.2 Å². The topological polar surface area (TPSA) is 73.6 Å². The molecule has 0 amide bonds. The van der Waals surface area contributed by atoms with Gasteiger partial charge in [0.2, 0.25) is 0 Å². The molecule has 0 spiro atoms. The number of fused-ring (bicyclic) bond motifs is 1. The number of thiazole rings is 1. The van der Waals surface area contributed by atoms with Gasteiger partial charge in [-0.25, -0.2) is 9.78 Å². The normalized spacial score (nSPS) is 10.8. The number of anilines is 2. The van der Waals surface area contributed by atoms with Crippen LogP contribution in [0, 0.1) is 0 Å². The maximum atomic E-state index is 12.4. The number of hydrogen-bond donors (Lipinski definition) is 1. The summed E-state index contributed by atoms with van der Waals surface area (Å²) < 4.78 is 16.3. The van der Waals surface area contributed by atoms with E-state index in [1.807, 2.05) is 35.7 Å². The number of nitrogens with one attached hydrogen (secondary N) is 1. The van der Waals surface area contributed by atoms with Crippen LogP contribution >= 0.6 is 11.3 Å². The quantitative estimate of drug-likeness (QED) is 0.410. The third-order valence-corrected chi connectivity index (χ3v) is 5.06. The van der Waals surface area contributed by atoms with E-state index < -0.39 is 5.63 Å². The van der Waals surface area contributed by atoms with Gasteiger partial charge in [-0.1, -0.05) is 6.92 Å². The minimum absolute atomic E-state index is 0.415. The molecule has 0 fully saturated rings. The molecule has 6 nitrogen and oxygen atoms in total. The zero-order valence-electron chi connectivity index (χ0n) is 16.1. The molecule has 148 valence electrons. The van der Waals surface area contributed by atoms with Crippen LogP contribution in [0.1, 0.15) is 13.3 Å². The minimum Gasteiger partial charge on any atom is -0.497 e. The lowest BCUT2D eigenvalue weighted by atomic mass is 10.1. The summed E-state index contributed by atoms with van der Waals surface area (Å²) in [5.74, 6) is 1.53. The Morgan fingerprint density at radius 2 is 1.90 bits per heavy atom. The van der Waals surface area contributed by atoms with Crippen molar-refractivity contribution in [1.29, 1.82) is 0 Å². The maximum Gasteiger partial charge on any atom is 0.345 e. The fourth-order valence-electron chi connectivity index (χ4n) is 2.84. The van der Waals surface area contributed by atoms with Crippen LogP contribution in [-0.4, -0.2) is 18.7 Å². The lowest BCUT2D eigenvalue weighted by Crippen LogP contribution is -2.03. The van der Waals surface area contributed by atoms with Gasteiger partial charge in [0, 0.05) is 16.5 Å². The minimum atomic E-state index is -0.419. The van der Waals surface area contributed by atoms with Gasteiger partial charge in [-0.05, 0) is 55.0 Å². The van der Waals surface area contributed by atoms with E-state index in [9.17, 15) is 4.79 Å². The van der Waals surface area contributed by atoms with E-state index in [1.165, 1.54) is 11.3 Å². The average Bonchev–Trinajstić information content (AvgIpc) is 3.20. The molecular weight excluding hydrogens is 388 g/mol. The molecule has 0 atom stereocenters. The Morgan fingerprint density at radius 3 is 2.66 bits per heavy atom. The van der Waals surface area contributed by atoms with Crippen LogP contribution in [-0.2, 0) is 0 Å². The number of hydrogen-bond acceptors (Lipinski definition) is 7. The first-order valence-corrected chi connectivity index (χ1v) is 10.1. The number of methoxy groups -OCH3 is 1. The first-order chi connectivity index (χ1) is 14.2. The van der Waals surface area contributed by atoms with Crippen molar-refractivity contribution in [3.8, 4) is 22.8 Å². The van der Waals surface area contributed by atoms with Gasteiger partial charge in [0.25, 0.3) is 0 Å². The summed E-state index contributed by atoms with van der Waals surface area (Å²) in [6.07, 6.45) is 0.970. The van der Waals surface area contributed by atoms with Gasteiger partial charge in [0.15, 0.2) is 5.13 Å². The molecule has 0 radical (unpaired) electrons. The molecule has 4 aromatic rings. The fourth-order valence-corrected chi connectivity index (χ4v) is 3.57. The Labute approximate surface area is 171 Å². The van der Waals surface area contributed by atoms with Gasteiger partial charge in [-0.2, -0.15) is 0 Å². The second-order valence-electron chi connectivity index (χ2n) is 6.39. The number of aromatic nitrogens is 1. The first-order valence-electron chi connectivity index (χ1n) is 9.24. The van der Waals surface area contributed by atoms with Crippen molar-refractivity contribution >= 4 is 33.1 Å². The highest BCUT2D eigenvalue weighted by Crippen LogP contribution is 2.29. The van der Waals surface area contributed by atoms with E-state index in [2.05, 4.69) is 17.2 Å². The second-order valence-corrected chi connectivity index (χ2v) is 7.25. The molecule has 0 bridgehead atoms. The molecule has 4 rings (SSSR count). The second kappa shape index (κ2) is 8.36. The SMILES string of the molecule is CCCOc1ccc(Nc2nc(-c3cc4cc(OC)ccc4oc3=O)cs2)cc1. The molecule has 0 saturated carbocycles. The van der Waals surface area contributed by atoms with E-state index >= 15 is 0 Å². The van der Waals surface area contributed by atoms with Crippen molar-refractivity contribution < 1.29 is 13.9 Å². The lowest BCUT2D eigenvalue weighted by Gasteiger charge is -2.06. The lowest BCUT2D eigenvalue weighted by molar-refractivity contribution is 0.317. The van der Waals surface area contributed by atoms with Crippen molar-refractivity contribution in [3.05, 3.63) is 64.3 Å². The molecule has 0 saturated heterocycles. The Bertz CT molecular complexity index is 1180. The van der Waals surface area contributed by atoms with E-state index in [-0.39, 0.29) is 0 Å². The molecule has 2 aromatic heterocycles. The highest BCUT2D eigenvalue weighted by atomic mass is 32.1. The van der Waals surface area contributed by atoms with Crippen molar-refractivity contribution in [2.24, 2.45) is 0 Å². The highest BCUT2D eigenvalue weighted by Gasteiger charge is 2.12. The average molecular weight is 408 g/mol. The molecule has 0 aliphatic heterocycles. The standard InChI is InChI=1S/C22H20N2O4S/c1-3-10-27-16-6-4-15(5-7-16)23-22-24-19(13-29-22)18-12-14-11-17(26-2)8-9-20(14)28-21(18)25/h4-9,11-13H,3,10H2,1-2H3,(H,23,24). The van der Waals surface area contributed by atoms with Gasteiger partial charge in [0.05, 0.1) is 25.0 Å². The molecule has 7 heteroatoms. The fraction of sp³-hybridized carbons (Fsp3) is 0.182. The Morgan fingerprint density at radius 1 is 1.10 bits per heavy atom. The molecule has 0 aliphatic rings. The predicted octanol–water partition coefficient (Wildman–Crippen LogP) is 5.46. The molecule has 1 N–H and O–H groups in total. The third kappa shape index (κ3) is 4.25. The molecular formula is C22H20N2O4S. The molecule has 29 heavy (non-hydrogen) atoms. The van der Waals surface area contributed by atoms with Crippen molar-refractivity contribution in [1.82, 2.24) is 4.98 Å². The van der Waals surface area contributed by atoms with Crippen LogP contribution in [0.2, 0.25) is 0 Å².